The molecule has 0 saturated heterocycles. The van der Waals surface area contributed by atoms with Gasteiger partial charge in [0.15, 0.2) is 0 Å². The Morgan fingerprint density at radius 3 is 2.62 bits per heavy atom. The van der Waals surface area contributed by atoms with Crippen LogP contribution >= 0.6 is 0 Å². The normalized spacial score (nSPS) is 9.12. The molecular weight excluding hydrogens is 399 g/mol. The molecule has 0 aliphatic heterocycles. The summed E-state index contributed by atoms with van der Waals surface area (Å²) in [7, 11) is 1.66. The van der Waals surface area contributed by atoms with Gasteiger partial charge in [0.1, 0.15) is 0 Å². The maximum atomic E-state index is 11.1. The summed E-state index contributed by atoms with van der Waals surface area (Å²) in [4.78, 5) is 21.8. The van der Waals surface area contributed by atoms with E-state index in [0.29, 0.717) is 8.76 Å². The number of hydrogen-bond donors (Lipinski definition) is 2. The SMILES string of the molecule is CNc1ccc[c]([Hg][O]C(C)=O)c1C(=O)O. The Morgan fingerprint density at radius 1 is 1.44 bits per heavy atom. The molecule has 0 heterocycles. The molecule has 1 aromatic carbocycles. The molecule has 0 spiro atoms. The van der Waals surface area contributed by atoms with Gasteiger partial charge in [-0.2, -0.15) is 0 Å². The van der Waals surface area contributed by atoms with Gasteiger partial charge in [0, 0.05) is 0 Å². The van der Waals surface area contributed by atoms with Crippen molar-refractivity contribution in [1.82, 2.24) is 0 Å². The summed E-state index contributed by atoms with van der Waals surface area (Å²) in [6, 6.07) is 5.17. The number of carboxylic acid groups (broad SMARTS) is 1. The van der Waals surface area contributed by atoms with E-state index >= 15 is 0 Å². The predicted molar refractivity (Wildman–Crippen MR) is 54.3 cm³/mol. The van der Waals surface area contributed by atoms with Crippen LogP contribution in [0.3, 0.4) is 0 Å². The fourth-order valence-corrected chi connectivity index (χ4v) is 5.55. The molecule has 0 fully saturated rings. The topological polar surface area (TPSA) is 75.6 Å². The van der Waals surface area contributed by atoms with Gasteiger partial charge < -0.3 is 0 Å². The molecule has 0 bridgehead atoms. The first-order valence-corrected chi connectivity index (χ1v) is 9.72. The van der Waals surface area contributed by atoms with E-state index in [4.69, 9.17) is 7.75 Å². The molecule has 5 nitrogen and oxygen atoms in total. The molecule has 1 rings (SSSR count). The molecule has 1 aromatic rings. The van der Waals surface area contributed by atoms with Crippen LogP contribution in [0, 0.1) is 0 Å². The average molecular weight is 410 g/mol. The molecule has 16 heavy (non-hydrogen) atoms. The van der Waals surface area contributed by atoms with Crippen molar-refractivity contribution in [3.63, 3.8) is 0 Å². The van der Waals surface area contributed by atoms with Gasteiger partial charge in [-0.25, -0.2) is 0 Å². The number of carbonyl (C=O) groups is 2. The van der Waals surface area contributed by atoms with Crippen LogP contribution in [0.25, 0.3) is 0 Å². The average Bonchev–Trinajstić information content (AvgIpc) is 2.25. The van der Waals surface area contributed by atoms with Crippen molar-refractivity contribution < 1.29 is 42.4 Å². The number of rotatable bonds is 4. The zero-order valence-electron chi connectivity index (χ0n) is 9.11. The van der Waals surface area contributed by atoms with Crippen LogP contribution in [0.2, 0.25) is 0 Å². The minimum absolute atomic E-state index is 0.230. The fourth-order valence-electron chi connectivity index (χ4n) is 1.36. The molecule has 0 atom stereocenters. The number of carbonyl (C=O) groups excluding carboxylic acids is 1. The Kier molecular flexibility index (Phi) is 4.73. The molecule has 0 aliphatic rings. The van der Waals surface area contributed by atoms with E-state index < -0.39 is 31.0 Å². The van der Waals surface area contributed by atoms with E-state index in [1.165, 1.54) is 6.92 Å². The summed E-state index contributed by atoms with van der Waals surface area (Å²) < 4.78 is 5.70. The van der Waals surface area contributed by atoms with Crippen molar-refractivity contribution in [2.45, 2.75) is 6.92 Å². The molecule has 0 radical (unpaired) electrons. The number of aromatic carboxylic acids is 1. The van der Waals surface area contributed by atoms with Crippen LogP contribution in [0.5, 0.6) is 0 Å². The van der Waals surface area contributed by atoms with Gasteiger partial charge in [0.25, 0.3) is 0 Å². The van der Waals surface area contributed by atoms with Crippen LogP contribution in [0.1, 0.15) is 17.3 Å². The van der Waals surface area contributed by atoms with Crippen molar-refractivity contribution in [1.29, 1.82) is 0 Å². The van der Waals surface area contributed by atoms with Crippen LogP contribution in [-0.4, -0.2) is 24.1 Å². The van der Waals surface area contributed by atoms with Gasteiger partial charge in [0.2, 0.25) is 0 Å². The second-order valence-corrected chi connectivity index (χ2v) is 8.38. The third-order valence-electron chi connectivity index (χ3n) is 2.06. The van der Waals surface area contributed by atoms with Crippen molar-refractivity contribution in [2.75, 3.05) is 12.4 Å². The molecule has 0 unspecified atom stereocenters. The van der Waals surface area contributed by atoms with Crippen LogP contribution < -0.4 is 8.39 Å². The summed E-state index contributed by atoms with van der Waals surface area (Å²) in [5, 5.41) is 11.9. The number of nitrogens with one attached hydrogen (secondary N) is 1. The Hall–Kier alpha value is -1.10. The van der Waals surface area contributed by atoms with Crippen molar-refractivity contribution >= 4 is 20.7 Å². The summed E-state index contributed by atoms with van der Waals surface area (Å²) >= 11 is -2.11. The molecule has 2 N–H and O–H groups in total. The first kappa shape index (κ1) is 13.0. The summed E-state index contributed by atoms with van der Waals surface area (Å²) in [5.41, 5.74) is 0.782. The van der Waals surface area contributed by atoms with E-state index in [2.05, 4.69) is 5.32 Å². The molecule has 6 heteroatoms. The van der Waals surface area contributed by atoms with Crippen LogP contribution in [0.4, 0.5) is 5.69 Å². The van der Waals surface area contributed by atoms with E-state index in [1.807, 2.05) is 0 Å². The first-order chi connectivity index (χ1) is 7.56. The molecule has 0 saturated carbocycles. The standard InChI is InChI=1S/C8H8NO2.C2H4O2.Hg/c1-9-7-5-3-2-4-6(7)8(10)11;1-2(3)4;/h2-3,5,9H,1H3,(H,10,11);1H3,(H,3,4);/q;;+1/p-1. The van der Waals surface area contributed by atoms with Gasteiger partial charge >= 0.3 is 106 Å². The Bertz CT molecular complexity index is 419. The number of anilines is 1. The second-order valence-electron chi connectivity index (χ2n) is 3.18. The monoisotopic (exact) mass is 411 g/mol. The zero-order chi connectivity index (χ0) is 12.1. The van der Waals surface area contributed by atoms with Gasteiger partial charge in [0.05, 0.1) is 0 Å². The van der Waals surface area contributed by atoms with E-state index in [1.54, 1.807) is 25.2 Å². The third kappa shape index (κ3) is 3.20. The van der Waals surface area contributed by atoms with Gasteiger partial charge in [-0.3, -0.25) is 0 Å². The molecule has 0 amide bonds. The number of hydrogen-bond acceptors (Lipinski definition) is 4. The van der Waals surface area contributed by atoms with E-state index in [9.17, 15) is 9.59 Å². The third-order valence-corrected chi connectivity index (χ3v) is 7.71. The molecule has 0 aliphatic carbocycles. The van der Waals surface area contributed by atoms with Gasteiger partial charge in [-0.15, -0.1) is 0 Å². The van der Waals surface area contributed by atoms with Crippen LogP contribution in [-0.2, 0) is 32.5 Å². The Morgan fingerprint density at radius 2 is 2.12 bits per heavy atom. The van der Waals surface area contributed by atoms with Crippen molar-refractivity contribution in [3.05, 3.63) is 23.8 Å². The quantitative estimate of drug-likeness (QED) is 0.713. The molecule has 82 valence electrons. The minimum atomic E-state index is -2.11. The van der Waals surface area contributed by atoms with E-state index in [0.717, 1.165) is 0 Å². The summed E-state index contributed by atoms with van der Waals surface area (Å²) in [6.45, 7) is 1.34. The molecular formula is C10H11HgNO4. The van der Waals surface area contributed by atoms with Crippen molar-refractivity contribution in [2.24, 2.45) is 0 Å². The van der Waals surface area contributed by atoms with Gasteiger partial charge in [-0.05, 0) is 0 Å². The van der Waals surface area contributed by atoms with Crippen LogP contribution in [0.15, 0.2) is 18.2 Å². The molecule has 0 aromatic heterocycles. The predicted octanol–water partition coefficient (Wildman–Crippen LogP) is 0.612. The maximum absolute atomic E-state index is 11.1. The number of carboxylic acids is 1. The number of benzene rings is 1. The fraction of sp³-hybridized carbons (Fsp3) is 0.200. The Balaban J connectivity index is 3.07. The first-order valence-electron chi connectivity index (χ1n) is 4.72. The summed E-state index contributed by atoms with van der Waals surface area (Å²) in [5.74, 6) is -1.33. The Labute approximate surface area is 106 Å². The summed E-state index contributed by atoms with van der Waals surface area (Å²) in [6.07, 6.45) is 0. The van der Waals surface area contributed by atoms with Gasteiger partial charge in [-0.1, -0.05) is 0 Å². The van der Waals surface area contributed by atoms with Crippen molar-refractivity contribution in [3.8, 4) is 0 Å². The zero-order valence-corrected chi connectivity index (χ0v) is 14.6. The van der Waals surface area contributed by atoms with E-state index in [-0.39, 0.29) is 11.5 Å². The second kappa shape index (κ2) is 5.84.